The number of aliphatic hydroxyl groups is 1. The molecule has 0 aliphatic heterocycles. The first-order valence-corrected chi connectivity index (χ1v) is 6.78. The van der Waals surface area contributed by atoms with Gasteiger partial charge < -0.3 is 15.4 Å². The number of aromatic nitrogens is 2. The van der Waals surface area contributed by atoms with Crippen molar-refractivity contribution in [3.05, 3.63) is 32.6 Å². The van der Waals surface area contributed by atoms with Crippen molar-refractivity contribution in [1.82, 2.24) is 15.3 Å². The summed E-state index contributed by atoms with van der Waals surface area (Å²) < 4.78 is 0. The van der Waals surface area contributed by atoms with Crippen LogP contribution in [0.3, 0.4) is 0 Å². The Morgan fingerprint density at radius 3 is 2.75 bits per heavy atom. The summed E-state index contributed by atoms with van der Waals surface area (Å²) in [7, 11) is 0. The van der Waals surface area contributed by atoms with E-state index in [9.17, 15) is 19.5 Å². The molecule has 0 saturated heterocycles. The molecule has 1 aliphatic carbocycles. The molecule has 7 nitrogen and oxygen atoms in total. The Bertz CT molecular complexity index is 549. The van der Waals surface area contributed by atoms with E-state index in [2.05, 4.69) is 10.3 Å². The monoisotopic (exact) mass is 281 g/mol. The van der Waals surface area contributed by atoms with Crippen LogP contribution in [-0.2, 0) is 11.2 Å². The van der Waals surface area contributed by atoms with E-state index in [1.807, 2.05) is 4.98 Å². The lowest BCUT2D eigenvalue weighted by molar-refractivity contribution is -0.120. The van der Waals surface area contributed by atoms with Crippen LogP contribution in [0.1, 0.15) is 25.0 Å². The minimum Gasteiger partial charge on any atom is -0.396 e. The number of amides is 1. The topological polar surface area (TPSA) is 115 Å². The summed E-state index contributed by atoms with van der Waals surface area (Å²) >= 11 is 0. The third kappa shape index (κ3) is 3.80. The quantitative estimate of drug-likeness (QED) is 0.561. The summed E-state index contributed by atoms with van der Waals surface area (Å²) in [6, 6.07) is 1.20. The van der Waals surface area contributed by atoms with Crippen LogP contribution < -0.4 is 16.6 Å². The van der Waals surface area contributed by atoms with Crippen molar-refractivity contribution in [3.63, 3.8) is 0 Å². The van der Waals surface area contributed by atoms with Crippen LogP contribution in [0.25, 0.3) is 0 Å². The van der Waals surface area contributed by atoms with Gasteiger partial charge in [-0.15, -0.1) is 0 Å². The molecule has 1 heterocycles. The highest BCUT2D eigenvalue weighted by atomic mass is 16.3. The van der Waals surface area contributed by atoms with Gasteiger partial charge in [-0.25, -0.2) is 4.79 Å². The maximum absolute atomic E-state index is 11.8. The van der Waals surface area contributed by atoms with E-state index < -0.39 is 11.2 Å². The molecular weight excluding hydrogens is 262 g/mol. The van der Waals surface area contributed by atoms with Crippen molar-refractivity contribution < 1.29 is 9.90 Å². The summed E-state index contributed by atoms with van der Waals surface area (Å²) in [6.45, 7) is 0.680. The minimum atomic E-state index is -0.614. The standard InChI is InChI=1S/C13H19N3O4/c17-7-9-3-1-2-8(9)6-14-11(18)4-10-5-12(19)16-13(20)15-10/h5,8-9,17H,1-4,6-7H2,(H,14,18)(H2,15,16,19,20). The molecule has 0 aromatic carbocycles. The van der Waals surface area contributed by atoms with Gasteiger partial charge in [0, 0.05) is 24.9 Å². The Kier molecular flexibility index (Phi) is 4.73. The Balaban J connectivity index is 1.86. The molecule has 0 radical (unpaired) electrons. The lowest BCUT2D eigenvalue weighted by Gasteiger charge is -2.17. The van der Waals surface area contributed by atoms with E-state index in [-0.39, 0.29) is 24.9 Å². The van der Waals surface area contributed by atoms with Gasteiger partial charge in [0.15, 0.2) is 0 Å². The lowest BCUT2D eigenvalue weighted by atomic mass is 9.97. The van der Waals surface area contributed by atoms with Gasteiger partial charge in [-0.3, -0.25) is 14.6 Å². The highest BCUT2D eigenvalue weighted by Crippen LogP contribution is 2.30. The maximum Gasteiger partial charge on any atom is 0.325 e. The first kappa shape index (κ1) is 14.5. The smallest absolute Gasteiger partial charge is 0.325 e. The Hall–Kier alpha value is -1.89. The van der Waals surface area contributed by atoms with Gasteiger partial charge in [0.2, 0.25) is 5.91 Å². The molecule has 1 aromatic rings. The zero-order valence-corrected chi connectivity index (χ0v) is 11.1. The van der Waals surface area contributed by atoms with Gasteiger partial charge in [0.25, 0.3) is 5.56 Å². The van der Waals surface area contributed by atoms with Crippen molar-refractivity contribution in [1.29, 1.82) is 0 Å². The number of rotatable bonds is 5. The van der Waals surface area contributed by atoms with Gasteiger partial charge in [0.1, 0.15) is 0 Å². The molecule has 110 valence electrons. The number of aliphatic hydroxyl groups excluding tert-OH is 1. The van der Waals surface area contributed by atoms with Crippen molar-refractivity contribution in [2.75, 3.05) is 13.2 Å². The number of hydrogen-bond acceptors (Lipinski definition) is 4. The molecule has 1 aromatic heterocycles. The Morgan fingerprint density at radius 2 is 2.05 bits per heavy atom. The molecule has 20 heavy (non-hydrogen) atoms. The van der Waals surface area contributed by atoms with Gasteiger partial charge in [-0.1, -0.05) is 6.42 Å². The van der Waals surface area contributed by atoms with E-state index >= 15 is 0 Å². The number of carbonyl (C=O) groups is 1. The number of hydrogen-bond donors (Lipinski definition) is 4. The summed E-state index contributed by atoms with van der Waals surface area (Å²) in [6.07, 6.45) is 3.05. The normalized spacial score (nSPS) is 21.9. The van der Waals surface area contributed by atoms with Crippen LogP contribution in [0, 0.1) is 11.8 Å². The predicted octanol–water partition coefficient (Wildman–Crippen LogP) is -0.869. The molecule has 1 fully saturated rings. The van der Waals surface area contributed by atoms with E-state index in [4.69, 9.17) is 0 Å². The van der Waals surface area contributed by atoms with Crippen molar-refractivity contribution in [2.24, 2.45) is 11.8 Å². The summed E-state index contributed by atoms with van der Waals surface area (Å²) in [5.74, 6) is 0.326. The molecular formula is C13H19N3O4. The molecule has 1 amide bonds. The van der Waals surface area contributed by atoms with Crippen LogP contribution in [0.4, 0.5) is 0 Å². The van der Waals surface area contributed by atoms with Crippen LogP contribution in [0.5, 0.6) is 0 Å². The summed E-state index contributed by atoms with van der Waals surface area (Å²) in [5, 5.41) is 12.0. The van der Waals surface area contributed by atoms with Crippen molar-refractivity contribution in [3.8, 4) is 0 Å². The Morgan fingerprint density at radius 1 is 1.30 bits per heavy atom. The average molecular weight is 281 g/mol. The molecule has 2 unspecified atom stereocenters. The van der Waals surface area contributed by atoms with E-state index in [0.717, 1.165) is 19.3 Å². The average Bonchev–Trinajstić information content (AvgIpc) is 2.82. The van der Waals surface area contributed by atoms with Crippen LogP contribution in [0.2, 0.25) is 0 Å². The highest BCUT2D eigenvalue weighted by molar-refractivity contribution is 5.78. The van der Waals surface area contributed by atoms with Gasteiger partial charge in [-0.2, -0.15) is 0 Å². The Labute approximate surface area is 115 Å². The molecule has 1 aliphatic rings. The van der Waals surface area contributed by atoms with E-state index in [1.54, 1.807) is 0 Å². The van der Waals surface area contributed by atoms with Crippen molar-refractivity contribution in [2.45, 2.75) is 25.7 Å². The molecule has 0 bridgehead atoms. The largest absolute Gasteiger partial charge is 0.396 e. The zero-order chi connectivity index (χ0) is 14.5. The molecule has 2 atom stereocenters. The SMILES string of the molecule is O=C(Cc1cc(=O)[nH]c(=O)[nH]1)NCC1CCCC1CO. The second-order valence-electron chi connectivity index (χ2n) is 5.23. The fourth-order valence-electron chi connectivity index (χ4n) is 2.72. The summed E-state index contributed by atoms with van der Waals surface area (Å²) in [5.41, 5.74) is -0.842. The van der Waals surface area contributed by atoms with Crippen LogP contribution in [-0.4, -0.2) is 34.1 Å². The lowest BCUT2D eigenvalue weighted by Crippen LogP contribution is -2.33. The number of nitrogens with one attached hydrogen (secondary N) is 3. The predicted molar refractivity (Wildman–Crippen MR) is 72.3 cm³/mol. The second kappa shape index (κ2) is 6.51. The number of carbonyl (C=O) groups excluding carboxylic acids is 1. The fraction of sp³-hybridized carbons (Fsp3) is 0.615. The van der Waals surface area contributed by atoms with Crippen LogP contribution in [0.15, 0.2) is 15.7 Å². The summed E-state index contributed by atoms with van der Waals surface area (Å²) in [4.78, 5) is 38.4. The van der Waals surface area contributed by atoms with E-state index in [1.165, 1.54) is 6.07 Å². The number of aromatic amines is 2. The highest BCUT2D eigenvalue weighted by Gasteiger charge is 2.26. The van der Waals surface area contributed by atoms with Crippen LogP contribution >= 0.6 is 0 Å². The molecule has 0 spiro atoms. The molecule has 1 saturated carbocycles. The number of H-pyrrole nitrogens is 2. The maximum atomic E-state index is 11.8. The van der Waals surface area contributed by atoms with Gasteiger partial charge in [-0.05, 0) is 24.7 Å². The van der Waals surface area contributed by atoms with E-state index in [0.29, 0.717) is 18.2 Å². The molecule has 7 heteroatoms. The molecule has 4 N–H and O–H groups in total. The third-order valence-corrected chi connectivity index (χ3v) is 3.78. The third-order valence-electron chi connectivity index (χ3n) is 3.78. The van der Waals surface area contributed by atoms with Gasteiger partial charge >= 0.3 is 5.69 Å². The first-order chi connectivity index (χ1) is 9.58. The van der Waals surface area contributed by atoms with Crippen molar-refractivity contribution >= 4 is 5.91 Å². The minimum absolute atomic E-state index is 0.0321. The second-order valence-corrected chi connectivity index (χ2v) is 5.23. The fourth-order valence-corrected chi connectivity index (χ4v) is 2.72. The zero-order valence-electron chi connectivity index (χ0n) is 11.1. The van der Waals surface area contributed by atoms with Gasteiger partial charge in [0.05, 0.1) is 6.42 Å². The first-order valence-electron chi connectivity index (χ1n) is 6.78. The molecule has 2 rings (SSSR count).